The number of hydrogen-bond donors (Lipinski definition) is 0. The summed E-state index contributed by atoms with van der Waals surface area (Å²) in [6.07, 6.45) is 6.39. The van der Waals surface area contributed by atoms with Gasteiger partial charge in [0.2, 0.25) is 11.8 Å². The van der Waals surface area contributed by atoms with Crippen LogP contribution in [0.2, 0.25) is 0 Å². The van der Waals surface area contributed by atoms with E-state index in [1.54, 1.807) is 0 Å². The quantitative estimate of drug-likeness (QED) is 0.833. The molecule has 0 aliphatic carbocycles. The number of carbonyl (C=O) groups excluding carboxylic acids is 1. The Balaban J connectivity index is 1.63. The lowest BCUT2D eigenvalue weighted by atomic mass is 9.73. The molecule has 3 rings (SSSR count). The Kier molecular flexibility index (Phi) is 4.99. The van der Waals surface area contributed by atoms with Crippen LogP contribution in [0, 0.1) is 12.3 Å². The van der Waals surface area contributed by atoms with E-state index in [0.717, 1.165) is 57.8 Å². The first-order chi connectivity index (χ1) is 11.1. The van der Waals surface area contributed by atoms with Crippen LogP contribution >= 0.6 is 0 Å². The number of unbranched alkanes of at least 4 members (excludes halogenated alkanes) is 1. The number of aryl methyl sites for hydroxylation is 1. The lowest BCUT2D eigenvalue weighted by Gasteiger charge is -2.48. The second kappa shape index (κ2) is 6.99. The Labute approximate surface area is 138 Å². The van der Waals surface area contributed by atoms with Crippen LogP contribution in [0.5, 0.6) is 0 Å². The highest BCUT2D eigenvalue weighted by Gasteiger charge is 2.41. The van der Waals surface area contributed by atoms with E-state index in [0.29, 0.717) is 18.2 Å². The molecule has 0 aromatic carbocycles. The van der Waals surface area contributed by atoms with Crippen molar-refractivity contribution in [2.45, 2.75) is 58.9 Å². The highest BCUT2D eigenvalue weighted by atomic mass is 16.5. The van der Waals surface area contributed by atoms with Crippen LogP contribution in [0.4, 0.5) is 0 Å². The zero-order valence-electron chi connectivity index (χ0n) is 14.4. The van der Waals surface area contributed by atoms with Crippen molar-refractivity contribution in [3.63, 3.8) is 0 Å². The van der Waals surface area contributed by atoms with Gasteiger partial charge in [-0.25, -0.2) is 0 Å². The van der Waals surface area contributed by atoms with E-state index in [4.69, 9.17) is 4.52 Å². The van der Waals surface area contributed by atoms with E-state index in [-0.39, 0.29) is 5.41 Å². The van der Waals surface area contributed by atoms with Gasteiger partial charge in [-0.05, 0) is 32.2 Å². The molecule has 0 N–H and O–H groups in total. The van der Waals surface area contributed by atoms with Crippen LogP contribution in [0.25, 0.3) is 0 Å². The largest absolute Gasteiger partial charge is 0.342 e. The molecule has 0 bridgehead atoms. The van der Waals surface area contributed by atoms with E-state index < -0.39 is 0 Å². The maximum Gasteiger partial charge on any atom is 0.223 e. The van der Waals surface area contributed by atoms with E-state index in [9.17, 15) is 4.79 Å². The monoisotopic (exact) mass is 320 g/mol. The van der Waals surface area contributed by atoms with Crippen molar-refractivity contribution in [2.75, 3.05) is 26.2 Å². The fraction of sp³-hybridized carbons (Fsp3) is 0.824. The van der Waals surface area contributed by atoms with Gasteiger partial charge in [0.25, 0.3) is 0 Å². The van der Waals surface area contributed by atoms with Gasteiger partial charge in [0, 0.05) is 38.4 Å². The van der Waals surface area contributed by atoms with Crippen molar-refractivity contribution in [1.29, 1.82) is 0 Å². The summed E-state index contributed by atoms with van der Waals surface area (Å²) in [5.74, 6) is 1.74. The lowest BCUT2D eigenvalue weighted by molar-refractivity contribution is -0.139. The lowest BCUT2D eigenvalue weighted by Crippen LogP contribution is -2.54. The number of carbonyl (C=O) groups is 1. The van der Waals surface area contributed by atoms with Crippen LogP contribution in [-0.2, 0) is 11.3 Å². The third-order valence-corrected chi connectivity index (χ3v) is 5.20. The topological polar surface area (TPSA) is 62.5 Å². The average Bonchev–Trinajstić information content (AvgIpc) is 2.94. The molecule has 1 spiro atoms. The number of aromatic nitrogens is 2. The van der Waals surface area contributed by atoms with Gasteiger partial charge >= 0.3 is 0 Å². The summed E-state index contributed by atoms with van der Waals surface area (Å²) in [6.45, 7) is 8.72. The smallest absolute Gasteiger partial charge is 0.223 e. The maximum atomic E-state index is 12.2. The molecule has 0 radical (unpaired) electrons. The van der Waals surface area contributed by atoms with Crippen LogP contribution in [0.3, 0.4) is 0 Å². The van der Waals surface area contributed by atoms with Crippen molar-refractivity contribution in [3.05, 3.63) is 11.7 Å². The van der Waals surface area contributed by atoms with Gasteiger partial charge < -0.3 is 9.42 Å². The molecule has 1 amide bonds. The molecular formula is C17H28N4O2. The molecule has 6 nitrogen and oxygen atoms in total. The molecule has 1 aromatic rings. The first kappa shape index (κ1) is 16.4. The molecule has 128 valence electrons. The summed E-state index contributed by atoms with van der Waals surface area (Å²) in [5, 5.41) is 4.02. The van der Waals surface area contributed by atoms with Gasteiger partial charge in [0.1, 0.15) is 0 Å². The van der Waals surface area contributed by atoms with Crippen LogP contribution in [-0.4, -0.2) is 52.0 Å². The highest BCUT2D eigenvalue weighted by molar-refractivity contribution is 5.77. The van der Waals surface area contributed by atoms with Crippen molar-refractivity contribution in [2.24, 2.45) is 5.41 Å². The Morgan fingerprint density at radius 3 is 2.91 bits per heavy atom. The van der Waals surface area contributed by atoms with Gasteiger partial charge in [-0.1, -0.05) is 18.5 Å². The Bertz CT molecular complexity index is 544. The first-order valence-corrected chi connectivity index (χ1v) is 8.89. The van der Waals surface area contributed by atoms with Gasteiger partial charge in [-0.3, -0.25) is 9.69 Å². The molecule has 1 atom stereocenters. The Morgan fingerprint density at radius 1 is 1.30 bits per heavy atom. The Hall–Kier alpha value is -1.43. The minimum atomic E-state index is 0.263. The average molecular weight is 320 g/mol. The van der Waals surface area contributed by atoms with Crippen molar-refractivity contribution in [1.82, 2.24) is 19.9 Å². The number of likely N-dealkylation sites (tertiary alicyclic amines) is 2. The van der Waals surface area contributed by atoms with Gasteiger partial charge in [-0.2, -0.15) is 4.98 Å². The molecule has 2 fully saturated rings. The predicted molar refractivity (Wildman–Crippen MR) is 86.7 cm³/mol. The molecule has 0 unspecified atom stereocenters. The molecular weight excluding hydrogens is 292 g/mol. The predicted octanol–water partition coefficient (Wildman–Crippen LogP) is 2.38. The van der Waals surface area contributed by atoms with Crippen LogP contribution < -0.4 is 0 Å². The molecule has 23 heavy (non-hydrogen) atoms. The Morgan fingerprint density at radius 2 is 2.17 bits per heavy atom. The minimum Gasteiger partial charge on any atom is -0.342 e. The summed E-state index contributed by atoms with van der Waals surface area (Å²) in [5.41, 5.74) is 0.263. The normalized spacial score (nSPS) is 26.2. The second-order valence-corrected chi connectivity index (χ2v) is 7.21. The summed E-state index contributed by atoms with van der Waals surface area (Å²) >= 11 is 0. The standard InChI is InChI=1S/C17H28N4O2/c1-3-4-10-21-13-17(8-6-16(21)22)7-5-9-20(12-17)11-15-18-14(2)23-19-15/h3-13H2,1-2H3/t17-/m1/s1. The second-order valence-electron chi connectivity index (χ2n) is 7.21. The summed E-state index contributed by atoms with van der Waals surface area (Å²) < 4.78 is 5.08. The number of rotatable bonds is 5. The molecule has 2 aliphatic rings. The summed E-state index contributed by atoms with van der Waals surface area (Å²) in [4.78, 5) is 21.0. The molecule has 1 aromatic heterocycles. The third-order valence-electron chi connectivity index (χ3n) is 5.20. The number of piperidine rings is 2. The van der Waals surface area contributed by atoms with Gasteiger partial charge in [0.05, 0.1) is 6.54 Å². The fourth-order valence-electron chi connectivity index (χ4n) is 4.04. The number of nitrogens with zero attached hydrogens (tertiary/aromatic N) is 4. The van der Waals surface area contributed by atoms with Crippen LogP contribution in [0.15, 0.2) is 4.52 Å². The first-order valence-electron chi connectivity index (χ1n) is 8.89. The van der Waals surface area contributed by atoms with E-state index >= 15 is 0 Å². The molecule has 3 heterocycles. The molecule has 2 saturated heterocycles. The van der Waals surface area contributed by atoms with Crippen molar-refractivity contribution in [3.8, 4) is 0 Å². The SMILES string of the molecule is CCCCN1C[C@]2(CCCN(Cc3noc(C)n3)C2)CCC1=O. The molecule has 2 aliphatic heterocycles. The number of hydrogen-bond acceptors (Lipinski definition) is 5. The minimum absolute atomic E-state index is 0.263. The molecule has 6 heteroatoms. The highest BCUT2D eigenvalue weighted by Crippen LogP contribution is 2.39. The fourth-order valence-corrected chi connectivity index (χ4v) is 4.04. The number of amides is 1. The van der Waals surface area contributed by atoms with Crippen molar-refractivity contribution >= 4 is 5.91 Å². The summed E-state index contributed by atoms with van der Waals surface area (Å²) in [6, 6.07) is 0. The van der Waals surface area contributed by atoms with E-state index in [2.05, 4.69) is 26.9 Å². The van der Waals surface area contributed by atoms with Gasteiger partial charge in [-0.15, -0.1) is 0 Å². The maximum absolute atomic E-state index is 12.2. The van der Waals surface area contributed by atoms with Gasteiger partial charge in [0.15, 0.2) is 5.82 Å². The zero-order chi connectivity index (χ0) is 16.3. The van der Waals surface area contributed by atoms with E-state index in [1.165, 1.54) is 12.8 Å². The zero-order valence-corrected chi connectivity index (χ0v) is 14.4. The van der Waals surface area contributed by atoms with Crippen molar-refractivity contribution < 1.29 is 9.32 Å². The van der Waals surface area contributed by atoms with Crippen LogP contribution in [0.1, 0.15) is 57.2 Å². The third kappa shape index (κ3) is 3.91. The van der Waals surface area contributed by atoms with E-state index in [1.807, 2.05) is 6.92 Å². The molecule has 0 saturated carbocycles. The summed E-state index contributed by atoms with van der Waals surface area (Å²) in [7, 11) is 0.